The highest BCUT2D eigenvalue weighted by molar-refractivity contribution is 7.98. The van der Waals surface area contributed by atoms with Crippen molar-refractivity contribution < 1.29 is 19.0 Å². The highest BCUT2D eigenvalue weighted by Gasteiger charge is 2.13. The Morgan fingerprint density at radius 1 is 1.15 bits per heavy atom. The van der Waals surface area contributed by atoms with Crippen LogP contribution in [0, 0.1) is 0 Å². The number of rotatable bonds is 12. The van der Waals surface area contributed by atoms with E-state index in [2.05, 4.69) is 25.7 Å². The zero-order valence-corrected chi connectivity index (χ0v) is 19.9. The number of ether oxygens (including phenoxy) is 3. The summed E-state index contributed by atoms with van der Waals surface area (Å²) in [4.78, 5) is 21.4. The number of methoxy groups -OCH3 is 3. The van der Waals surface area contributed by atoms with Crippen LogP contribution in [0.5, 0.6) is 11.5 Å². The monoisotopic (exact) mass is 472 g/mol. The second-order valence-electron chi connectivity index (χ2n) is 6.82. The molecule has 0 aliphatic carbocycles. The summed E-state index contributed by atoms with van der Waals surface area (Å²) < 4.78 is 17.4. The molecular formula is C22H28N6O4S. The summed E-state index contributed by atoms with van der Waals surface area (Å²) in [6.45, 7) is 2.07. The average Bonchev–Trinajstić information content (AvgIpc) is 3.25. The maximum absolute atomic E-state index is 12.3. The molecule has 11 heteroatoms. The van der Waals surface area contributed by atoms with Crippen LogP contribution in [-0.2, 0) is 16.1 Å². The summed E-state index contributed by atoms with van der Waals surface area (Å²) in [5.41, 5.74) is 1.54. The molecule has 0 bridgehead atoms. The number of nitrogens with one attached hydrogen (secondary N) is 2. The molecule has 0 saturated heterocycles. The van der Waals surface area contributed by atoms with Gasteiger partial charge in [0.2, 0.25) is 5.91 Å². The fourth-order valence-electron chi connectivity index (χ4n) is 3.07. The van der Waals surface area contributed by atoms with Gasteiger partial charge in [-0.15, -0.1) is 0 Å². The molecule has 33 heavy (non-hydrogen) atoms. The van der Waals surface area contributed by atoms with Gasteiger partial charge in [-0.2, -0.15) is 5.10 Å². The van der Waals surface area contributed by atoms with Gasteiger partial charge in [-0.25, -0.2) is 14.6 Å². The minimum absolute atomic E-state index is 0.206. The highest BCUT2D eigenvalue weighted by atomic mass is 32.2. The van der Waals surface area contributed by atoms with E-state index in [1.54, 1.807) is 50.4 Å². The van der Waals surface area contributed by atoms with Gasteiger partial charge in [0.25, 0.3) is 0 Å². The molecule has 1 amide bonds. The van der Waals surface area contributed by atoms with Gasteiger partial charge in [0, 0.05) is 26.3 Å². The maximum atomic E-state index is 12.3. The molecule has 2 N–H and O–H groups in total. The number of hydrogen-bond donors (Lipinski definition) is 2. The second-order valence-corrected chi connectivity index (χ2v) is 7.60. The van der Waals surface area contributed by atoms with E-state index < -0.39 is 0 Å². The number of amides is 1. The van der Waals surface area contributed by atoms with Crippen molar-refractivity contribution >= 4 is 40.6 Å². The SMILES string of the molecule is COCCNc1nc(SC)nc2c1cnn2CCNC(=O)C=Cc1ccc(OC)c(OC)c1. The predicted molar refractivity (Wildman–Crippen MR) is 129 cm³/mol. The fourth-order valence-corrected chi connectivity index (χ4v) is 3.43. The van der Waals surface area contributed by atoms with Crippen molar-refractivity contribution in [1.29, 1.82) is 0 Å². The molecule has 0 unspecified atom stereocenters. The molecular weight excluding hydrogens is 444 g/mol. The number of nitrogens with zero attached hydrogens (tertiary/aromatic N) is 4. The van der Waals surface area contributed by atoms with Crippen molar-refractivity contribution in [3.8, 4) is 11.5 Å². The second kappa shape index (κ2) is 12.1. The summed E-state index contributed by atoms with van der Waals surface area (Å²) in [5, 5.41) is 12.0. The molecule has 1 aromatic carbocycles. The molecule has 0 aliphatic rings. The summed E-state index contributed by atoms with van der Waals surface area (Å²) in [7, 11) is 4.80. The third-order valence-electron chi connectivity index (χ3n) is 4.71. The zero-order chi connectivity index (χ0) is 23.6. The van der Waals surface area contributed by atoms with E-state index in [0.29, 0.717) is 48.5 Å². The van der Waals surface area contributed by atoms with E-state index >= 15 is 0 Å². The third kappa shape index (κ3) is 6.36. The minimum Gasteiger partial charge on any atom is -0.493 e. The number of fused-ring (bicyclic) bond motifs is 1. The lowest BCUT2D eigenvalue weighted by Crippen LogP contribution is -2.25. The molecule has 2 aromatic heterocycles. The van der Waals surface area contributed by atoms with Crippen LogP contribution in [0.4, 0.5) is 5.82 Å². The normalized spacial score (nSPS) is 11.2. The summed E-state index contributed by atoms with van der Waals surface area (Å²) in [6.07, 6.45) is 6.85. The Morgan fingerprint density at radius 2 is 1.97 bits per heavy atom. The first-order valence-corrected chi connectivity index (χ1v) is 11.5. The number of carbonyl (C=O) groups is 1. The lowest BCUT2D eigenvalue weighted by Gasteiger charge is -2.09. The molecule has 0 aliphatic heterocycles. The molecule has 0 saturated carbocycles. The minimum atomic E-state index is -0.206. The number of hydrogen-bond acceptors (Lipinski definition) is 9. The van der Waals surface area contributed by atoms with Crippen molar-refractivity contribution in [1.82, 2.24) is 25.1 Å². The highest BCUT2D eigenvalue weighted by Crippen LogP contribution is 2.28. The Balaban J connectivity index is 1.62. The number of thioether (sulfide) groups is 1. The Hall–Kier alpha value is -3.31. The van der Waals surface area contributed by atoms with Crippen LogP contribution in [0.1, 0.15) is 5.56 Å². The van der Waals surface area contributed by atoms with Crippen molar-refractivity contribution in [2.24, 2.45) is 0 Å². The Bertz CT molecular complexity index is 1120. The van der Waals surface area contributed by atoms with Gasteiger partial charge in [-0.3, -0.25) is 4.79 Å². The van der Waals surface area contributed by atoms with E-state index in [1.165, 1.54) is 17.8 Å². The Kier molecular flexibility index (Phi) is 8.90. The molecule has 3 rings (SSSR count). The molecule has 10 nitrogen and oxygen atoms in total. The maximum Gasteiger partial charge on any atom is 0.244 e. The van der Waals surface area contributed by atoms with Crippen LogP contribution in [0.15, 0.2) is 35.6 Å². The van der Waals surface area contributed by atoms with Crippen molar-refractivity contribution in [3.63, 3.8) is 0 Å². The first-order valence-electron chi connectivity index (χ1n) is 10.3. The molecule has 0 spiro atoms. The average molecular weight is 473 g/mol. The zero-order valence-electron chi connectivity index (χ0n) is 19.1. The van der Waals surface area contributed by atoms with Crippen LogP contribution in [0.3, 0.4) is 0 Å². The van der Waals surface area contributed by atoms with Crippen LogP contribution in [-0.4, -0.2) is 72.9 Å². The summed E-state index contributed by atoms with van der Waals surface area (Å²) in [5.74, 6) is 1.75. The predicted octanol–water partition coefficient (Wildman–Crippen LogP) is 2.45. The van der Waals surface area contributed by atoms with Gasteiger partial charge in [-0.05, 0) is 30.0 Å². The van der Waals surface area contributed by atoms with E-state index in [4.69, 9.17) is 14.2 Å². The quantitative estimate of drug-likeness (QED) is 0.178. The molecule has 0 radical (unpaired) electrons. The molecule has 2 heterocycles. The van der Waals surface area contributed by atoms with Crippen LogP contribution in [0.2, 0.25) is 0 Å². The first-order chi connectivity index (χ1) is 16.1. The topological polar surface area (TPSA) is 112 Å². The van der Waals surface area contributed by atoms with E-state index in [9.17, 15) is 4.79 Å². The van der Waals surface area contributed by atoms with Gasteiger partial charge >= 0.3 is 0 Å². The van der Waals surface area contributed by atoms with Crippen LogP contribution < -0.4 is 20.1 Å². The lowest BCUT2D eigenvalue weighted by atomic mass is 10.2. The van der Waals surface area contributed by atoms with Gasteiger partial charge in [0.1, 0.15) is 5.82 Å². The summed E-state index contributed by atoms with van der Waals surface area (Å²) in [6, 6.07) is 5.45. The fraction of sp³-hybridized carbons (Fsp3) is 0.364. The number of anilines is 1. The van der Waals surface area contributed by atoms with E-state index in [0.717, 1.165) is 16.8 Å². The largest absolute Gasteiger partial charge is 0.493 e. The molecule has 3 aromatic rings. The smallest absolute Gasteiger partial charge is 0.244 e. The Labute approximate surface area is 196 Å². The van der Waals surface area contributed by atoms with E-state index in [1.807, 2.05) is 12.3 Å². The van der Waals surface area contributed by atoms with Crippen molar-refractivity contribution in [2.45, 2.75) is 11.7 Å². The van der Waals surface area contributed by atoms with E-state index in [-0.39, 0.29) is 5.91 Å². The number of carbonyl (C=O) groups excluding carboxylic acids is 1. The lowest BCUT2D eigenvalue weighted by molar-refractivity contribution is -0.116. The third-order valence-corrected chi connectivity index (χ3v) is 5.26. The summed E-state index contributed by atoms with van der Waals surface area (Å²) >= 11 is 1.46. The number of benzene rings is 1. The van der Waals surface area contributed by atoms with Crippen LogP contribution >= 0.6 is 11.8 Å². The van der Waals surface area contributed by atoms with Crippen molar-refractivity contribution in [2.75, 3.05) is 52.6 Å². The first kappa shape index (κ1) is 24.3. The van der Waals surface area contributed by atoms with Crippen molar-refractivity contribution in [3.05, 3.63) is 36.0 Å². The van der Waals surface area contributed by atoms with Gasteiger partial charge in [0.05, 0.1) is 39.0 Å². The van der Waals surface area contributed by atoms with Gasteiger partial charge in [-0.1, -0.05) is 17.8 Å². The van der Waals surface area contributed by atoms with Gasteiger partial charge in [0.15, 0.2) is 22.3 Å². The standard InChI is InChI=1S/C22H28N6O4S/c1-30-12-10-24-20-16-14-25-28(21(16)27-22(26-20)33-4)11-9-23-19(29)8-6-15-5-7-17(31-2)18(13-15)32-3/h5-8,13-14H,9-12H2,1-4H3,(H,23,29)(H,24,26,27). The van der Waals surface area contributed by atoms with Crippen LogP contribution in [0.25, 0.3) is 17.1 Å². The molecule has 0 fully saturated rings. The van der Waals surface area contributed by atoms with Gasteiger partial charge < -0.3 is 24.8 Å². The Morgan fingerprint density at radius 3 is 2.70 bits per heavy atom. The molecule has 176 valence electrons. The number of aromatic nitrogens is 4. The molecule has 0 atom stereocenters.